The minimum Gasteiger partial charge on any atom is -0.397 e. The average molecular weight is 294 g/mol. The van der Waals surface area contributed by atoms with Gasteiger partial charge in [0.15, 0.2) is 5.82 Å². The Labute approximate surface area is 122 Å². The number of hydrogen-bond donors (Lipinski definition) is 3. The third kappa shape index (κ3) is 2.96. The molecule has 5 heteroatoms. The zero-order valence-corrected chi connectivity index (χ0v) is 11.9. The smallest absolute Gasteiger partial charge is 0.169 e. The van der Waals surface area contributed by atoms with Crippen LogP contribution in [0.1, 0.15) is 18.4 Å². The summed E-state index contributed by atoms with van der Waals surface area (Å²) in [4.78, 5) is 0. The summed E-state index contributed by atoms with van der Waals surface area (Å²) in [6.45, 7) is 2.60. The molecule has 0 fully saturated rings. The van der Waals surface area contributed by atoms with Gasteiger partial charge < -0.3 is 16.8 Å². The number of nitrogens with two attached hydrogens (primary N) is 2. The monoisotopic (exact) mass is 293 g/mol. The number of anilines is 3. The van der Waals surface area contributed by atoms with Gasteiger partial charge in [0.2, 0.25) is 0 Å². The van der Waals surface area contributed by atoms with Crippen LogP contribution >= 0.6 is 11.6 Å². The van der Waals surface area contributed by atoms with Crippen LogP contribution in [0.4, 0.5) is 21.5 Å². The third-order valence-electron chi connectivity index (χ3n) is 3.22. The maximum atomic E-state index is 14.0. The van der Waals surface area contributed by atoms with E-state index in [1.165, 1.54) is 11.6 Å². The lowest BCUT2D eigenvalue weighted by molar-refractivity contribution is 0.630. The Kier molecular flexibility index (Phi) is 4.35. The van der Waals surface area contributed by atoms with E-state index in [1.54, 1.807) is 0 Å². The Morgan fingerprint density at radius 1 is 1.20 bits per heavy atom. The molecule has 0 aliphatic rings. The van der Waals surface area contributed by atoms with E-state index in [0.29, 0.717) is 6.54 Å². The molecule has 2 aromatic rings. The maximum Gasteiger partial charge on any atom is 0.169 e. The number of nitrogen functional groups attached to an aromatic ring is 2. The molecule has 0 aliphatic carbocycles. The molecule has 0 amide bonds. The van der Waals surface area contributed by atoms with Crippen LogP contribution in [0.3, 0.4) is 0 Å². The molecule has 1 unspecified atom stereocenters. The van der Waals surface area contributed by atoms with Gasteiger partial charge in [-0.2, -0.15) is 0 Å². The van der Waals surface area contributed by atoms with Crippen molar-refractivity contribution in [1.82, 2.24) is 0 Å². The normalized spacial score (nSPS) is 12.2. The van der Waals surface area contributed by atoms with Crippen molar-refractivity contribution < 1.29 is 4.39 Å². The molecule has 0 aliphatic heterocycles. The number of halogens is 2. The van der Waals surface area contributed by atoms with E-state index in [2.05, 4.69) is 12.2 Å². The first kappa shape index (κ1) is 14.5. The third-order valence-corrected chi connectivity index (χ3v) is 3.60. The summed E-state index contributed by atoms with van der Waals surface area (Å²) in [5.74, 6) is -0.393. The molecule has 0 aromatic heterocycles. The first-order chi connectivity index (χ1) is 9.50. The Bertz CT molecular complexity index is 602. The van der Waals surface area contributed by atoms with Crippen molar-refractivity contribution in [3.63, 3.8) is 0 Å². The second-order valence-electron chi connectivity index (χ2n) is 4.75. The molecular weight excluding hydrogens is 277 g/mol. The number of hydrogen-bond acceptors (Lipinski definition) is 3. The molecule has 0 saturated heterocycles. The summed E-state index contributed by atoms with van der Waals surface area (Å²) in [5.41, 5.74) is 13.1. The van der Waals surface area contributed by atoms with Gasteiger partial charge in [-0.05, 0) is 17.5 Å². The van der Waals surface area contributed by atoms with Crippen molar-refractivity contribution >= 4 is 28.7 Å². The van der Waals surface area contributed by atoms with E-state index in [0.717, 1.165) is 0 Å². The van der Waals surface area contributed by atoms with Crippen molar-refractivity contribution in [1.29, 1.82) is 0 Å². The largest absolute Gasteiger partial charge is 0.397 e. The van der Waals surface area contributed by atoms with E-state index in [-0.39, 0.29) is 28.0 Å². The standard InChI is InChI=1S/C15H17ClFN3/c1-9(10-5-3-2-4-6-10)8-20-15-12(19)7-11(18)13(16)14(15)17/h2-7,9,20H,8,18-19H2,1H3. The molecule has 0 saturated carbocycles. The molecular formula is C15H17ClFN3. The van der Waals surface area contributed by atoms with E-state index in [1.807, 2.05) is 30.3 Å². The second kappa shape index (κ2) is 6.01. The van der Waals surface area contributed by atoms with Crippen LogP contribution in [0.2, 0.25) is 5.02 Å². The van der Waals surface area contributed by atoms with Crippen LogP contribution in [-0.4, -0.2) is 6.54 Å². The summed E-state index contributed by atoms with van der Waals surface area (Å²) < 4.78 is 14.0. The summed E-state index contributed by atoms with van der Waals surface area (Å²) in [7, 11) is 0. The van der Waals surface area contributed by atoms with Crippen molar-refractivity contribution in [2.24, 2.45) is 0 Å². The lowest BCUT2D eigenvalue weighted by atomic mass is 10.0. The number of nitrogens with one attached hydrogen (secondary N) is 1. The SMILES string of the molecule is CC(CNc1c(N)cc(N)c(Cl)c1F)c1ccccc1. The molecule has 1 atom stereocenters. The van der Waals surface area contributed by atoms with Gasteiger partial charge in [-0.1, -0.05) is 48.9 Å². The van der Waals surface area contributed by atoms with Crippen molar-refractivity contribution in [2.75, 3.05) is 23.3 Å². The fraction of sp³-hybridized carbons (Fsp3) is 0.200. The molecule has 5 N–H and O–H groups in total. The van der Waals surface area contributed by atoms with Crippen molar-refractivity contribution in [3.05, 3.63) is 52.8 Å². The lowest BCUT2D eigenvalue weighted by Crippen LogP contribution is -2.13. The van der Waals surface area contributed by atoms with E-state index < -0.39 is 5.82 Å². The molecule has 2 aromatic carbocycles. The van der Waals surface area contributed by atoms with Gasteiger partial charge in [0, 0.05) is 6.54 Å². The van der Waals surface area contributed by atoms with Gasteiger partial charge in [0.1, 0.15) is 5.02 Å². The molecule has 106 valence electrons. The van der Waals surface area contributed by atoms with Gasteiger partial charge in [-0.3, -0.25) is 0 Å². The fourth-order valence-electron chi connectivity index (χ4n) is 2.00. The fourth-order valence-corrected chi connectivity index (χ4v) is 2.15. The summed E-state index contributed by atoms with van der Waals surface area (Å²) in [6.07, 6.45) is 0. The summed E-state index contributed by atoms with van der Waals surface area (Å²) >= 11 is 5.79. The Morgan fingerprint density at radius 2 is 1.85 bits per heavy atom. The van der Waals surface area contributed by atoms with E-state index >= 15 is 0 Å². The highest BCUT2D eigenvalue weighted by molar-refractivity contribution is 6.33. The molecule has 0 heterocycles. The quantitative estimate of drug-likeness (QED) is 0.750. The van der Waals surface area contributed by atoms with Crippen LogP contribution in [-0.2, 0) is 0 Å². The van der Waals surface area contributed by atoms with Gasteiger partial charge >= 0.3 is 0 Å². The highest BCUT2D eigenvalue weighted by atomic mass is 35.5. The van der Waals surface area contributed by atoms with E-state index in [9.17, 15) is 4.39 Å². The molecule has 20 heavy (non-hydrogen) atoms. The lowest BCUT2D eigenvalue weighted by Gasteiger charge is -2.17. The van der Waals surface area contributed by atoms with Gasteiger partial charge in [-0.25, -0.2) is 4.39 Å². The van der Waals surface area contributed by atoms with Crippen LogP contribution in [0, 0.1) is 5.82 Å². The van der Waals surface area contributed by atoms with Crippen LogP contribution in [0.25, 0.3) is 0 Å². The molecule has 2 rings (SSSR count). The summed E-state index contributed by atoms with van der Waals surface area (Å²) in [5, 5.41) is 2.90. The van der Waals surface area contributed by atoms with E-state index in [4.69, 9.17) is 23.1 Å². The number of rotatable bonds is 4. The molecule has 3 nitrogen and oxygen atoms in total. The first-order valence-electron chi connectivity index (χ1n) is 6.32. The summed E-state index contributed by atoms with van der Waals surface area (Å²) in [6, 6.07) is 11.4. The topological polar surface area (TPSA) is 64.1 Å². The zero-order chi connectivity index (χ0) is 14.7. The van der Waals surface area contributed by atoms with Crippen molar-refractivity contribution in [2.45, 2.75) is 12.8 Å². The highest BCUT2D eigenvalue weighted by Gasteiger charge is 2.15. The predicted molar refractivity (Wildman–Crippen MR) is 83.6 cm³/mol. The van der Waals surface area contributed by atoms with Crippen LogP contribution < -0.4 is 16.8 Å². The molecule has 0 spiro atoms. The predicted octanol–water partition coefficient (Wildman–Crippen LogP) is 3.86. The number of benzene rings is 2. The van der Waals surface area contributed by atoms with Crippen LogP contribution in [0.15, 0.2) is 36.4 Å². The highest BCUT2D eigenvalue weighted by Crippen LogP contribution is 2.34. The minimum absolute atomic E-state index is 0.103. The zero-order valence-electron chi connectivity index (χ0n) is 11.2. The Hall–Kier alpha value is -1.94. The second-order valence-corrected chi connectivity index (χ2v) is 5.13. The van der Waals surface area contributed by atoms with Gasteiger partial charge in [0.25, 0.3) is 0 Å². The van der Waals surface area contributed by atoms with Crippen LogP contribution in [0.5, 0.6) is 0 Å². The maximum absolute atomic E-state index is 14.0. The molecule has 0 bridgehead atoms. The minimum atomic E-state index is -0.607. The average Bonchev–Trinajstić information content (AvgIpc) is 2.45. The van der Waals surface area contributed by atoms with Crippen molar-refractivity contribution in [3.8, 4) is 0 Å². The Balaban J connectivity index is 2.14. The van der Waals surface area contributed by atoms with Gasteiger partial charge in [0.05, 0.1) is 17.1 Å². The Morgan fingerprint density at radius 3 is 2.50 bits per heavy atom. The van der Waals surface area contributed by atoms with Gasteiger partial charge in [-0.15, -0.1) is 0 Å². The first-order valence-corrected chi connectivity index (χ1v) is 6.70. The molecule has 0 radical (unpaired) electrons.